The SMILES string of the molecule is CCCc1ccc(N2CCNCC2)c(S(=O)(=O)O)c1. The number of aryl methyl sites for hydroxylation is 1. The topological polar surface area (TPSA) is 69.6 Å². The van der Waals surface area contributed by atoms with Crippen LogP contribution in [0.25, 0.3) is 0 Å². The van der Waals surface area contributed by atoms with Crippen molar-refractivity contribution in [3.8, 4) is 0 Å². The van der Waals surface area contributed by atoms with Crippen LogP contribution in [0, 0.1) is 0 Å². The molecule has 19 heavy (non-hydrogen) atoms. The van der Waals surface area contributed by atoms with Crippen LogP contribution in [-0.2, 0) is 16.5 Å². The number of nitrogens with one attached hydrogen (secondary N) is 1. The van der Waals surface area contributed by atoms with E-state index in [4.69, 9.17) is 0 Å². The highest BCUT2D eigenvalue weighted by Crippen LogP contribution is 2.27. The second-order valence-electron chi connectivity index (χ2n) is 4.76. The first-order chi connectivity index (χ1) is 9.02. The normalized spacial score (nSPS) is 16.6. The van der Waals surface area contributed by atoms with E-state index in [1.807, 2.05) is 17.9 Å². The molecule has 0 aromatic heterocycles. The summed E-state index contributed by atoms with van der Waals surface area (Å²) in [6.45, 7) is 5.17. The van der Waals surface area contributed by atoms with Gasteiger partial charge in [-0.2, -0.15) is 8.42 Å². The van der Waals surface area contributed by atoms with Crippen molar-refractivity contribution in [2.75, 3.05) is 31.1 Å². The van der Waals surface area contributed by atoms with Gasteiger partial charge in [-0.1, -0.05) is 19.4 Å². The molecular formula is C13H20N2O3S. The number of piperazine rings is 1. The maximum atomic E-state index is 11.6. The van der Waals surface area contributed by atoms with Gasteiger partial charge in [0, 0.05) is 26.2 Å². The van der Waals surface area contributed by atoms with Crippen LogP contribution >= 0.6 is 0 Å². The van der Waals surface area contributed by atoms with E-state index in [9.17, 15) is 13.0 Å². The largest absolute Gasteiger partial charge is 0.368 e. The van der Waals surface area contributed by atoms with Gasteiger partial charge in [0.05, 0.1) is 5.69 Å². The van der Waals surface area contributed by atoms with Crippen molar-refractivity contribution in [2.24, 2.45) is 0 Å². The molecule has 0 unspecified atom stereocenters. The molecule has 6 heteroatoms. The third-order valence-corrected chi connectivity index (χ3v) is 4.18. The van der Waals surface area contributed by atoms with E-state index in [0.717, 1.165) is 44.6 Å². The van der Waals surface area contributed by atoms with E-state index in [2.05, 4.69) is 5.32 Å². The van der Waals surface area contributed by atoms with E-state index in [1.165, 1.54) is 0 Å². The van der Waals surface area contributed by atoms with Crippen LogP contribution < -0.4 is 10.2 Å². The zero-order chi connectivity index (χ0) is 13.9. The molecule has 2 rings (SSSR count). The Hall–Kier alpha value is -1.11. The molecule has 1 heterocycles. The molecule has 1 saturated heterocycles. The molecular weight excluding hydrogens is 264 g/mol. The van der Waals surface area contributed by atoms with Gasteiger partial charge in [-0.05, 0) is 24.1 Å². The fourth-order valence-corrected chi connectivity index (χ4v) is 3.14. The fourth-order valence-electron chi connectivity index (χ4n) is 2.38. The summed E-state index contributed by atoms with van der Waals surface area (Å²) in [5, 5.41) is 3.22. The van der Waals surface area contributed by atoms with Gasteiger partial charge in [-0.25, -0.2) is 0 Å². The summed E-state index contributed by atoms with van der Waals surface area (Å²) in [4.78, 5) is 2.02. The standard InChI is InChI=1S/C13H20N2O3S/c1-2-3-11-4-5-12(13(10-11)19(16,17)18)15-8-6-14-7-9-15/h4-5,10,14H,2-3,6-9H2,1H3,(H,16,17,18). The van der Waals surface area contributed by atoms with Gasteiger partial charge >= 0.3 is 0 Å². The van der Waals surface area contributed by atoms with Gasteiger partial charge in [0.2, 0.25) is 0 Å². The molecule has 0 aliphatic carbocycles. The molecule has 0 saturated carbocycles. The Labute approximate surface area is 114 Å². The van der Waals surface area contributed by atoms with Crippen molar-refractivity contribution in [1.82, 2.24) is 5.32 Å². The smallest absolute Gasteiger partial charge is 0.296 e. The zero-order valence-electron chi connectivity index (χ0n) is 11.1. The molecule has 1 aliphatic heterocycles. The highest BCUT2D eigenvalue weighted by molar-refractivity contribution is 7.86. The average molecular weight is 284 g/mol. The highest BCUT2D eigenvalue weighted by Gasteiger charge is 2.21. The molecule has 106 valence electrons. The van der Waals surface area contributed by atoms with Crippen LogP contribution in [0.1, 0.15) is 18.9 Å². The first-order valence-electron chi connectivity index (χ1n) is 6.58. The van der Waals surface area contributed by atoms with Gasteiger partial charge in [0.15, 0.2) is 0 Å². The van der Waals surface area contributed by atoms with Gasteiger partial charge in [0.25, 0.3) is 10.1 Å². The minimum absolute atomic E-state index is 0.0281. The summed E-state index contributed by atoms with van der Waals surface area (Å²) in [6, 6.07) is 5.34. The molecule has 0 amide bonds. The molecule has 1 aliphatic rings. The minimum atomic E-state index is -4.19. The fraction of sp³-hybridized carbons (Fsp3) is 0.538. The van der Waals surface area contributed by atoms with E-state index < -0.39 is 10.1 Å². The van der Waals surface area contributed by atoms with E-state index >= 15 is 0 Å². The van der Waals surface area contributed by atoms with Crippen molar-refractivity contribution >= 4 is 15.8 Å². The maximum Gasteiger partial charge on any atom is 0.296 e. The van der Waals surface area contributed by atoms with E-state index in [0.29, 0.717) is 5.69 Å². The Balaban J connectivity index is 2.41. The molecule has 5 nitrogen and oxygen atoms in total. The van der Waals surface area contributed by atoms with Crippen LogP contribution in [0.15, 0.2) is 23.1 Å². The summed E-state index contributed by atoms with van der Waals surface area (Å²) >= 11 is 0. The minimum Gasteiger partial charge on any atom is -0.368 e. The summed E-state index contributed by atoms with van der Waals surface area (Å²) in [5.41, 5.74) is 1.54. The van der Waals surface area contributed by atoms with Crippen molar-refractivity contribution < 1.29 is 13.0 Å². The predicted molar refractivity (Wildman–Crippen MR) is 75.3 cm³/mol. The number of benzene rings is 1. The van der Waals surface area contributed by atoms with Crippen molar-refractivity contribution in [2.45, 2.75) is 24.7 Å². The van der Waals surface area contributed by atoms with Crippen LogP contribution in [0.3, 0.4) is 0 Å². The Kier molecular flexibility index (Phi) is 4.44. The Bertz CT molecular complexity index is 537. The third kappa shape index (κ3) is 3.46. The number of hydrogen-bond acceptors (Lipinski definition) is 4. The van der Waals surface area contributed by atoms with Gasteiger partial charge in [0.1, 0.15) is 4.90 Å². The molecule has 1 aromatic carbocycles. The Morgan fingerprint density at radius 2 is 2.00 bits per heavy atom. The number of nitrogens with zero attached hydrogens (tertiary/aromatic N) is 1. The van der Waals surface area contributed by atoms with Crippen LogP contribution in [0.5, 0.6) is 0 Å². The van der Waals surface area contributed by atoms with Crippen molar-refractivity contribution in [3.05, 3.63) is 23.8 Å². The van der Waals surface area contributed by atoms with Crippen LogP contribution in [0.4, 0.5) is 5.69 Å². The average Bonchev–Trinajstić information content (AvgIpc) is 2.39. The Morgan fingerprint density at radius 1 is 1.32 bits per heavy atom. The first kappa shape index (κ1) is 14.3. The van der Waals surface area contributed by atoms with Gasteiger partial charge < -0.3 is 10.2 Å². The molecule has 0 spiro atoms. The molecule has 0 radical (unpaired) electrons. The lowest BCUT2D eigenvalue weighted by molar-refractivity contribution is 0.482. The predicted octanol–water partition coefficient (Wildman–Crippen LogP) is 1.30. The second-order valence-corrected chi connectivity index (χ2v) is 6.15. The number of anilines is 1. The van der Waals surface area contributed by atoms with Crippen molar-refractivity contribution in [3.63, 3.8) is 0 Å². The lowest BCUT2D eigenvalue weighted by Gasteiger charge is -2.30. The summed E-state index contributed by atoms with van der Waals surface area (Å²) in [5.74, 6) is 0. The summed E-state index contributed by atoms with van der Waals surface area (Å²) in [6.07, 6.45) is 1.75. The lowest BCUT2D eigenvalue weighted by atomic mass is 10.1. The van der Waals surface area contributed by atoms with Gasteiger partial charge in [-0.3, -0.25) is 4.55 Å². The molecule has 0 bridgehead atoms. The molecule has 2 N–H and O–H groups in total. The highest BCUT2D eigenvalue weighted by atomic mass is 32.2. The van der Waals surface area contributed by atoms with Gasteiger partial charge in [-0.15, -0.1) is 0 Å². The zero-order valence-corrected chi connectivity index (χ0v) is 11.9. The second kappa shape index (κ2) is 5.90. The summed E-state index contributed by atoms with van der Waals surface area (Å²) in [7, 11) is -4.19. The van der Waals surface area contributed by atoms with Crippen LogP contribution in [-0.4, -0.2) is 39.1 Å². The number of rotatable bonds is 4. The molecule has 1 aromatic rings. The lowest BCUT2D eigenvalue weighted by Crippen LogP contribution is -2.44. The van der Waals surface area contributed by atoms with Crippen molar-refractivity contribution in [1.29, 1.82) is 0 Å². The molecule has 0 atom stereocenters. The van der Waals surface area contributed by atoms with Crippen LogP contribution in [0.2, 0.25) is 0 Å². The molecule has 1 fully saturated rings. The third-order valence-electron chi connectivity index (χ3n) is 3.30. The van der Waals surface area contributed by atoms with E-state index in [1.54, 1.807) is 12.1 Å². The maximum absolute atomic E-state index is 11.6. The first-order valence-corrected chi connectivity index (χ1v) is 8.02. The summed E-state index contributed by atoms with van der Waals surface area (Å²) < 4.78 is 32.6. The number of hydrogen-bond donors (Lipinski definition) is 2. The van der Waals surface area contributed by atoms with E-state index in [-0.39, 0.29) is 4.90 Å². The monoisotopic (exact) mass is 284 g/mol. The Morgan fingerprint density at radius 3 is 2.58 bits per heavy atom. The quantitative estimate of drug-likeness (QED) is 0.816.